The number of piperazine rings is 1. The van der Waals surface area contributed by atoms with E-state index >= 15 is 0 Å². The summed E-state index contributed by atoms with van der Waals surface area (Å²) in [7, 11) is 0. The van der Waals surface area contributed by atoms with Crippen LogP contribution in [0.2, 0.25) is 0 Å². The third-order valence-corrected chi connectivity index (χ3v) is 13.1. The largest absolute Gasteiger partial charge is 0.385 e. The van der Waals surface area contributed by atoms with E-state index < -0.39 is 41.3 Å². The lowest BCUT2D eigenvalue weighted by molar-refractivity contribution is -0.136. The molecule has 3 saturated heterocycles. The highest BCUT2D eigenvalue weighted by molar-refractivity contribution is 6.23. The maximum atomic E-state index is 14.0. The van der Waals surface area contributed by atoms with E-state index in [-0.39, 0.29) is 48.4 Å². The lowest BCUT2D eigenvalue weighted by atomic mass is 10.0. The Bertz CT molecular complexity index is 2770. The van der Waals surface area contributed by atoms with Gasteiger partial charge in [0.2, 0.25) is 17.7 Å². The maximum absolute atomic E-state index is 14.0. The molecule has 17 nitrogen and oxygen atoms in total. The molecule has 9 rings (SSSR count). The highest BCUT2D eigenvalue weighted by atomic mass is 19.1. The fraction of sp³-hybridized carbons (Fsp3) is 0.380. The third-order valence-electron chi connectivity index (χ3n) is 13.1. The number of amides is 6. The van der Waals surface area contributed by atoms with Crippen molar-refractivity contribution in [1.82, 2.24) is 30.6 Å². The lowest BCUT2D eigenvalue weighted by Crippen LogP contribution is -2.54. The number of aromatic nitrogens is 2. The molecule has 5 heterocycles. The van der Waals surface area contributed by atoms with Crippen LogP contribution in [0.25, 0.3) is 10.9 Å². The number of carbonyl (C=O) groups excluding carboxylic acids is 6. The van der Waals surface area contributed by atoms with Crippen LogP contribution in [-0.4, -0.2) is 127 Å². The Morgan fingerprint density at radius 3 is 2.33 bits per heavy atom. The minimum Gasteiger partial charge on any atom is -0.385 e. The predicted octanol–water partition coefficient (Wildman–Crippen LogP) is 5.20. The van der Waals surface area contributed by atoms with Crippen LogP contribution in [-0.2, 0) is 25.5 Å². The van der Waals surface area contributed by atoms with Crippen LogP contribution >= 0.6 is 0 Å². The predicted molar refractivity (Wildman–Crippen MR) is 254 cm³/mol. The molecule has 5 aromatic rings. The Labute approximate surface area is 396 Å². The summed E-state index contributed by atoms with van der Waals surface area (Å²) in [6.07, 6.45) is 4.51. The van der Waals surface area contributed by atoms with Gasteiger partial charge in [0.25, 0.3) is 17.7 Å². The molecule has 360 valence electrons. The zero-order chi connectivity index (χ0) is 48.0. The van der Waals surface area contributed by atoms with Crippen LogP contribution in [0.15, 0.2) is 72.8 Å². The zero-order valence-corrected chi connectivity index (χ0v) is 38.0. The summed E-state index contributed by atoms with van der Waals surface area (Å²) in [6, 6.07) is 18.8. The van der Waals surface area contributed by atoms with Crippen LogP contribution in [0.1, 0.15) is 87.1 Å². The van der Waals surface area contributed by atoms with Gasteiger partial charge in [-0.1, -0.05) is 6.07 Å². The van der Waals surface area contributed by atoms with E-state index in [1.165, 1.54) is 12.1 Å². The van der Waals surface area contributed by atoms with Crippen LogP contribution in [0.5, 0.6) is 0 Å². The van der Waals surface area contributed by atoms with Gasteiger partial charge in [-0.15, -0.1) is 0 Å². The van der Waals surface area contributed by atoms with Crippen LogP contribution in [0, 0.1) is 11.6 Å². The van der Waals surface area contributed by atoms with Crippen LogP contribution in [0.4, 0.5) is 31.7 Å². The molecule has 0 saturated carbocycles. The van der Waals surface area contributed by atoms with E-state index in [1.807, 2.05) is 36.4 Å². The number of unbranched alkanes of at least 4 members (excludes halogenated alkanes) is 2. The number of fused-ring (bicyclic) bond motifs is 2. The molecule has 6 N–H and O–H groups in total. The average Bonchev–Trinajstić information content (AvgIpc) is 3.84. The van der Waals surface area contributed by atoms with Gasteiger partial charge in [-0.05, 0) is 117 Å². The van der Waals surface area contributed by atoms with E-state index in [1.54, 1.807) is 18.2 Å². The summed E-state index contributed by atoms with van der Waals surface area (Å²) in [4.78, 5) is 82.3. The molecule has 19 heteroatoms. The normalized spacial score (nSPS) is 17.8. The fourth-order valence-corrected chi connectivity index (χ4v) is 9.39. The summed E-state index contributed by atoms with van der Waals surface area (Å²) in [5, 5.41) is 23.1. The molecule has 4 aromatic carbocycles. The first-order chi connectivity index (χ1) is 33.4. The van der Waals surface area contributed by atoms with Crippen molar-refractivity contribution in [3.05, 3.63) is 112 Å². The second kappa shape index (κ2) is 20.9. The molecule has 1 atom stereocenters. The van der Waals surface area contributed by atoms with E-state index in [0.29, 0.717) is 98.1 Å². The number of ether oxygens (including phenoxy) is 1. The fourth-order valence-electron chi connectivity index (χ4n) is 9.39. The number of piperidine rings is 1. The summed E-state index contributed by atoms with van der Waals surface area (Å²) in [5.74, 6) is -3.47. The number of rotatable bonds is 17. The highest BCUT2D eigenvalue weighted by Gasteiger charge is 2.44. The Morgan fingerprint density at radius 1 is 0.783 bits per heavy atom. The minimum atomic E-state index is -1.01. The molecule has 69 heavy (non-hydrogen) atoms. The van der Waals surface area contributed by atoms with Gasteiger partial charge in [0.1, 0.15) is 17.7 Å². The number of imide groups is 2. The second-order valence-electron chi connectivity index (χ2n) is 17.9. The van der Waals surface area contributed by atoms with Gasteiger partial charge in [0.15, 0.2) is 5.82 Å². The number of hydrogen-bond donors (Lipinski definition) is 6. The molecule has 0 bridgehead atoms. The summed E-state index contributed by atoms with van der Waals surface area (Å²) >= 11 is 0. The topological polar surface area (TPSA) is 210 Å². The van der Waals surface area contributed by atoms with E-state index in [4.69, 9.17) is 4.74 Å². The first-order valence-corrected chi connectivity index (χ1v) is 23.5. The van der Waals surface area contributed by atoms with Crippen molar-refractivity contribution in [1.29, 1.82) is 0 Å². The number of nitrogens with one attached hydrogen (secondary N) is 6. The first-order valence-electron chi connectivity index (χ1n) is 23.5. The smallest absolute Gasteiger partial charge is 0.262 e. The average molecular weight is 945 g/mol. The molecule has 0 aliphatic carbocycles. The van der Waals surface area contributed by atoms with Crippen LogP contribution < -0.4 is 31.5 Å². The number of halogens is 2. The van der Waals surface area contributed by atoms with Crippen LogP contribution in [0.3, 0.4) is 0 Å². The molecule has 1 unspecified atom stereocenters. The lowest BCUT2D eigenvalue weighted by Gasteiger charge is -2.36. The van der Waals surface area contributed by atoms with E-state index in [9.17, 15) is 37.5 Å². The minimum absolute atomic E-state index is 0.0357. The maximum Gasteiger partial charge on any atom is 0.262 e. The second-order valence-corrected chi connectivity index (χ2v) is 17.9. The molecule has 3 fully saturated rings. The Kier molecular flexibility index (Phi) is 14.2. The monoisotopic (exact) mass is 944 g/mol. The zero-order valence-electron chi connectivity index (χ0n) is 38.0. The first kappa shape index (κ1) is 46.8. The Balaban J connectivity index is 0.726. The third kappa shape index (κ3) is 11.1. The number of benzene rings is 4. The van der Waals surface area contributed by atoms with Crippen molar-refractivity contribution in [2.24, 2.45) is 0 Å². The molecule has 6 amide bonds. The molecular weight excluding hydrogens is 891 g/mol. The Hall–Kier alpha value is -7.25. The molecule has 0 radical (unpaired) electrons. The number of H-pyrrole nitrogens is 1. The van der Waals surface area contributed by atoms with Crippen molar-refractivity contribution < 1.29 is 42.3 Å². The molecule has 0 spiro atoms. The van der Waals surface area contributed by atoms with Gasteiger partial charge >= 0.3 is 0 Å². The van der Waals surface area contributed by atoms with E-state index in [2.05, 4.69) is 46.6 Å². The van der Waals surface area contributed by atoms with Crippen molar-refractivity contribution in [2.75, 3.05) is 79.9 Å². The van der Waals surface area contributed by atoms with Gasteiger partial charge in [0, 0.05) is 93.5 Å². The van der Waals surface area contributed by atoms with Crippen molar-refractivity contribution in [2.45, 2.75) is 63.5 Å². The quantitative estimate of drug-likeness (QED) is 0.0526. The number of hydrogen-bond acceptors (Lipinski definition) is 12. The Morgan fingerprint density at radius 2 is 1.55 bits per heavy atom. The highest BCUT2D eigenvalue weighted by Crippen LogP contribution is 2.32. The van der Waals surface area contributed by atoms with Gasteiger partial charge in [0.05, 0.1) is 28.8 Å². The standard InChI is InChI=1S/C50H54F2N10O7/c51-32-23-31(24-33(52)26-32)22-30-4-9-41-40(25-30)46(59-58-41)57-47(65)38-8-6-36(28-42(38)55-34-12-20-69-21-13-34)61-18-16-60(17-19-61)29-45(64)54-15-3-1-2-14-53-35-5-7-37-39(27-35)50(68)62(49(37)67)43-10-11-44(63)56-48(43)66/h4-9,23-28,34,43,53,55H,1-3,10-22,29H2,(H,54,64)(H,56,63,66)(H2,57,58,59,65). The molecular formula is C50H54F2N10O7. The van der Waals surface area contributed by atoms with E-state index in [0.717, 1.165) is 54.3 Å². The molecule has 4 aliphatic rings. The van der Waals surface area contributed by atoms with Crippen molar-refractivity contribution in [3.63, 3.8) is 0 Å². The molecule has 1 aromatic heterocycles. The van der Waals surface area contributed by atoms with Gasteiger partial charge < -0.3 is 30.9 Å². The van der Waals surface area contributed by atoms with Crippen molar-refractivity contribution >= 4 is 69.2 Å². The van der Waals surface area contributed by atoms with Gasteiger partial charge in [-0.25, -0.2) is 8.78 Å². The molecule has 4 aliphatic heterocycles. The summed E-state index contributed by atoms with van der Waals surface area (Å²) < 4.78 is 33.4. The summed E-state index contributed by atoms with van der Waals surface area (Å²) in [5.41, 5.74) is 5.24. The van der Waals surface area contributed by atoms with Gasteiger partial charge in [-0.3, -0.25) is 49.0 Å². The van der Waals surface area contributed by atoms with Crippen molar-refractivity contribution in [3.8, 4) is 0 Å². The van der Waals surface area contributed by atoms with Gasteiger partial charge in [-0.2, -0.15) is 5.10 Å². The number of nitrogens with zero attached hydrogens (tertiary/aromatic N) is 4. The SMILES string of the molecule is O=C(CN1CCN(c2ccc(C(=O)Nc3n[nH]c4ccc(Cc5cc(F)cc(F)c5)cc34)c(NC3CCOCC3)c2)CC1)NCCCCCNc1ccc2c(c1)C(=O)N(C1CCC(=O)NC1=O)C2=O. The number of anilines is 4. The number of carbonyl (C=O) groups is 6. The summed E-state index contributed by atoms with van der Waals surface area (Å²) in [6.45, 7) is 5.46. The number of aromatic amines is 1.